The zero-order valence-electron chi connectivity index (χ0n) is 32.7. The minimum atomic E-state index is -0.920. The number of imidazole rings is 3. The molecule has 0 spiro atoms. The van der Waals surface area contributed by atoms with Crippen molar-refractivity contribution in [2.45, 2.75) is 73.5 Å². The number of hydrogen-bond donors (Lipinski definition) is 5. The molecule has 0 aliphatic heterocycles. The molecule has 0 saturated carbocycles. The molecule has 6 heterocycles. The molecule has 0 unspecified atom stereocenters. The summed E-state index contributed by atoms with van der Waals surface area (Å²) in [5.41, 5.74) is 19.6. The van der Waals surface area contributed by atoms with Crippen molar-refractivity contribution in [1.29, 1.82) is 0 Å². The van der Waals surface area contributed by atoms with E-state index in [-0.39, 0.29) is 73.6 Å². The number of carboxylic acid groups (broad SMARTS) is 1. The van der Waals surface area contributed by atoms with Gasteiger partial charge in [0.05, 0.1) is 19.4 Å². The Bertz CT molecular complexity index is 2290. The predicted octanol–water partition coefficient (Wildman–Crippen LogP) is -0.0599. The summed E-state index contributed by atoms with van der Waals surface area (Å²) in [4.78, 5) is 88.7. The topological polar surface area (TPSA) is 341 Å². The molecule has 0 saturated heterocycles. The summed E-state index contributed by atoms with van der Waals surface area (Å²) in [7, 11) is 0. The van der Waals surface area contributed by atoms with Crippen LogP contribution in [0.2, 0.25) is 0 Å². The molecule has 9 N–H and O–H groups in total. The molecule has 24 nitrogen and oxygen atoms in total. The first-order valence-corrected chi connectivity index (χ1v) is 35.8. The fraction of sp³-hybridized carbons (Fsp3) is 0.400. The number of rotatable bonds is 10. The molecule has 6 aromatic heterocycles. The Morgan fingerprint density at radius 2 is 0.933 bits per heavy atom. The van der Waals surface area contributed by atoms with Gasteiger partial charge in [-0.05, 0) is 6.92 Å². The summed E-state index contributed by atoms with van der Waals surface area (Å²) in [6, 6.07) is 0. The number of carbonyl (C=O) groups is 3. The number of nitrogen functional groups attached to an aromatic ring is 3. The smallest absolute Gasteiger partial charge is 0.357 e. The number of carboxylic acids is 1. The number of esters is 1. The number of hydrogen-bond acceptors (Lipinski definition) is 16. The van der Waals surface area contributed by atoms with Crippen LogP contribution in [-0.2, 0) is 38.8 Å². The second-order valence-corrected chi connectivity index (χ2v) is 26.3. The van der Waals surface area contributed by atoms with Gasteiger partial charge in [-0.1, -0.05) is 27.7 Å². The number of anilines is 3. The molecular weight excluding hydrogens is 1470 g/mol. The normalized spacial score (nSPS) is 9.62. The first kappa shape index (κ1) is 59.3. The Labute approximate surface area is 412 Å². The maximum Gasteiger partial charge on any atom is 0.357 e. The van der Waals surface area contributed by atoms with E-state index in [1.807, 2.05) is 27.7 Å². The van der Waals surface area contributed by atoms with E-state index in [2.05, 4.69) is 104 Å². The van der Waals surface area contributed by atoms with Crippen LogP contribution in [0.15, 0.2) is 51.6 Å². The van der Waals surface area contributed by atoms with Crippen molar-refractivity contribution < 1.29 is 37.5 Å². The van der Waals surface area contributed by atoms with Crippen molar-refractivity contribution in [3.63, 3.8) is 0 Å². The number of nitrogens with zero attached hydrogens (tertiary/aromatic N) is 12. The van der Waals surface area contributed by atoms with Crippen LogP contribution in [0.1, 0.15) is 53.9 Å². The van der Waals surface area contributed by atoms with Crippen LogP contribution < -0.4 is 53.3 Å². The number of aryl methyl sites for hydroxylation is 3. The fourth-order valence-electron chi connectivity index (χ4n) is 4.31. The molecule has 6 rings (SSSR count). The summed E-state index contributed by atoms with van der Waals surface area (Å²) >= 11 is 9.54. The molecule has 0 bridgehead atoms. The first-order chi connectivity index (χ1) is 28.2. The number of nitrogens with two attached hydrogens (primary N) is 4. The number of aliphatic carboxylic acids is 1. The molecule has 1 amide bonds. The SMILES string of the molecule is CC.CC.CCOC(=O)CCn1ccn2c(=O)nc(N)nc12.I.II.I[I-]I.NC(=O)CCn1ccn2c(=O)nc(N)nc12.Nc1nc(=O)n2ccn(CCC(=O)O)c2n1. The zero-order valence-corrected chi connectivity index (χ0v) is 45.8. The van der Waals surface area contributed by atoms with Crippen LogP contribution in [-0.4, -0.2) is 86.4 Å². The van der Waals surface area contributed by atoms with E-state index in [0.717, 1.165) is 0 Å². The average Bonchev–Trinajstić information content (AvgIpc) is 3.93. The van der Waals surface area contributed by atoms with Gasteiger partial charge in [0.15, 0.2) is 0 Å². The molecule has 0 aliphatic carbocycles. The van der Waals surface area contributed by atoms with Crippen molar-refractivity contribution in [1.82, 2.24) is 56.8 Å². The van der Waals surface area contributed by atoms with Crippen molar-refractivity contribution in [2.75, 3.05) is 23.8 Å². The third-order valence-electron chi connectivity index (χ3n) is 6.52. The minimum absolute atomic E-state index is 0. The quantitative estimate of drug-likeness (QED) is 0.0886. The molecule has 0 atom stereocenters. The summed E-state index contributed by atoms with van der Waals surface area (Å²) in [6.45, 7) is 11.0. The second-order valence-electron chi connectivity index (χ2n) is 10.0. The molecular formula is C30H45I6N16O8-. The number of aromatic nitrogens is 12. The van der Waals surface area contributed by atoms with Gasteiger partial charge in [-0.2, -0.15) is 29.9 Å². The van der Waals surface area contributed by atoms with Gasteiger partial charge in [-0.25, -0.2) is 27.6 Å². The van der Waals surface area contributed by atoms with Crippen LogP contribution in [0.5, 0.6) is 0 Å². The standard InChI is InChI=1S/C10H13N5O3.C8H10N6O2.C8H9N5O3.2C2H6.I3.I2.HI/c1-2-18-7(16)3-4-14-5-6-15-9(14)12-8(11)13-10(15)17;9-5(15)1-2-13-3-4-14-7(13)11-6(10)12-8(14)16;9-6-10-7-12(2-1-5(14)15)3-4-13(7)8(16)11-6;2*1-2;1-3-2;1-2;/h5-6H,2-4H2,1H3,(H2,11,13,17);3-4H,1-2H2,(H2,9,15)(H2,10,12,16);3-4H,1-2H2,(H,14,15)(H2,9,11,16);2*1-2H3;;;1H/q;;;;;-1;;. The van der Waals surface area contributed by atoms with E-state index in [0.29, 0.717) is 50.3 Å². The van der Waals surface area contributed by atoms with Crippen LogP contribution in [0.4, 0.5) is 17.8 Å². The molecule has 60 heavy (non-hydrogen) atoms. The molecule has 0 radical (unpaired) electrons. The Kier molecular flexibility index (Phi) is 32.5. The Hall–Kier alpha value is -2.76. The van der Waals surface area contributed by atoms with Gasteiger partial charge >= 0.3 is 79.5 Å². The van der Waals surface area contributed by atoms with Crippen LogP contribution in [0.25, 0.3) is 17.3 Å². The van der Waals surface area contributed by atoms with Crippen molar-refractivity contribution in [2.24, 2.45) is 5.73 Å². The molecule has 30 heteroatoms. The van der Waals surface area contributed by atoms with Crippen LogP contribution in [0.3, 0.4) is 0 Å². The van der Waals surface area contributed by atoms with E-state index in [1.54, 1.807) is 34.6 Å². The van der Waals surface area contributed by atoms with Crippen molar-refractivity contribution in [3.05, 3.63) is 68.6 Å². The number of ether oxygens (including phenoxy) is 1. The monoisotopic (exact) mass is 1520 g/mol. The Balaban J connectivity index is 0. The number of primary amides is 1. The zero-order chi connectivity index (χ0) is 45.2. The average molecular weight is 1520 g/mol. The Morgan fingerprint density at radius 3 is 1.22 bits per heavy atom. The van der Waals surface area contributed by atoms with Gasteiger partial charge in [-0.15, -0.1) is 24.0 Å². The van der Waals surface area contributed by atoms with Crippen LogP contribution in [0, 0.1) is 0 Å². The predicted molar refractivity (Wildman–Crippen MR) is 266 cm³/mol. The molecule has 6 aromatic rings. The minimum Gasteiger partial charge on any atom is -0.481 e. The van der Waals surface area contributed by atoms with Crippen molar-refractivity contribution >= 4 is 151 Å². The molecule has 0 fully saturated rings. The summed E-state index contributed by atoms with van der Waals surface area (Å²) in [6.07, 6.45) is 9.66. The third-order valence-corrected chi connectivity index (χ3v) is 6.52. The fourth-order valence-corrected chi connectivity index (χ4v) is 4.31. The number of fused-ring (bicyclic) bond motifs is 3. The van der Waals surface area contributed by atoms with E-state index in [4.69, 9.17) is 32.8 Å². The number of halogens is 6. The summed E-state index contributed by atoms with van der Waals surface area (Å²) < 4.78 is 13.3. The van der Waals surface area contributed by atoms with Gasteiger partial charge in [0.2, 0.25) is 41.1 Å². The molecule has 0 aliphatic rings. The Morgan fingerprint density at radius 1 is 0.633 bits per heavy atom. The molecule has 0 aromatic carbocycles. The van der Waals surface area contributed by atoms with E-state index in [9.17, 15) is 28.8 Å². The second kappa shape index (κ2) is 32.9. The summed E-state index contributed by atoms with van der Waals surface area (Å²) in [5, 5.41) is 8.55. The first-order valence-electron chi connectivity index (χ1n) is 17.0. The molecule has 336 valence electrons. The summed E-state index contributed by atoms with van der Waals surface area (Å²) in [5.74, 6) is -0.948. The van der Waals surface area contributed by atoms with Crippen molar-refractivity contribution in [3.8, 4) is 0 Å². The third kappa shape index (κ3) is 20.0. The van der Waals surface area contributed by atoms with Gasteiger partial charge in [-0.3, -0.25) is 14.4 Å². The van der Waals surface area contributed by atoms with E-state index < -0.39 is 28.9 Å². The maximum atomic E-state index is 11.5. The van der Waals surface area contributed by atoms with Crippen LogP contribution >= 0.6 is 98.4 Å². The largest absolute Gasteiger partial charge is 0.481 e. The number of amides is 1. The van der Waals surface area contributed by atoms with Gasteiger partial charge < -0.3 is 46.5 Å². The van der Waals surface area contributed by atoms with Gasteiger partial charge in [0.25, 0.3) is 0 Å². The van der Waals surface area contributed by atoms with E-state index >= 15 is 0 Å². The number of carbonyl (C=O) groups excluding carboxylic acids is 2. The maximum absolute atomic E-state index is 11.5. The van der Waals surface area contributed by atoms with Gasteiger partial charge in [0.1, 0.15) is 0 Å². The van der Waals surface area contributed by atoms with E-state index in [1.165, 1.54) is 36.4 Å². The van der Waals surface area contributed by atoms with Gasteiger partial charge in [0, 0.05) is 100 Å².